The third kappa shape index (κ3) is 15.7. The first-order valence-electron chi connectivity index (χ1n) is 11.2. The molecular formula is C24H38O13. The fourth-order valence-corrected chi connectivity index (χ4v) is 1.94. The number of carbonyl (C=O) groups excluding carboxylic acids is 2. The maximum Gasteiger partial charge on any atom is 0.346 e. The van der Waals surface area contributed by atoms with Gasteiger partial charge in [-0.2, -0.15) is 0 Å². The standard InChI is InChI=1S/C8H4O3.C6H10O4.C5H12O4.C5H12O2/c9-7-5-3-1-2-4-6(5)8(10)11-7;7-5(8)3-1-2-4-6(9)10;6-1-5(2-7,3-8)4-9;1-5(2,3-6)4-7/h1-4H;1-4H2,(H,7,8)(H,9,10);6-9H,1-4H2;6-7H,3-4H2,1-2H3. The van der Waals surface area contributed by atoms with Crippen LogP contribution in [0.4, 0.5) is 0 Å². The summed E-state index contributed by atoms with van der Waals surface area (Å²) in [5.41, 5.74) is -0.699. The van der Waals surface area contributed by atoms with Crippen LogP contribution >= 0.6 is 0 Å². The minimum atomic E-state index is -1.11. The molecule has 0 aliphatic carbocycles. The van der Waals surface area contributed by atoms with E-state index in [2.05, 4.69) is 4.74 Å². The fourth-order valence-electron chi connectivity index (χ4n) is 1.94. The topological polar surface area (TPSA) is 239 Å². The van der Waals surface area contributed by atoms with Crippen LogP contribution in [-0.2, 0) is 14.3 Å². The number of carboxylic acid groups (broad SMARTS) is 2. The molecule has 2 rings (SSSR count). The average molecular weight is 535 g/mol. The second-order valence-electron chi connectivity index (χ2n) is 8.83. The van der Waals surface area contributed by atoms with Crippen molar-refractivity contribution in [3.05, 3.63) is 35.4 Å². The summed E-state index contributed by atoms with van der Waals surface area (Å²) in [6.45, 7) is 2.06. The third-order valence-electron chi connectivity index (χ3n) is 4.78. The van der Waals surface area contributed by atoms with Gasteiger partial charge in [0.1, 0.15) is 0 Å². The van der Waals surface area contributed by atoms with E-state index < -0.39 is 55.7 Å². The van der Waals surface area contributed by atoms with E-state index in [4.69, 9.17) is 40.9 Å². The van der Waals surface area contributed by atoms with Gasteiger partial charge in [-0.05, 0) is 25.0 Å². The van der Waals surface area contributed by atoms with E-state index in [0.717, 1.165) is 0 Å². The molecular weight excluding hydrogens is 496 g/mol. The van der Waals surface area contributed by atoms with Crippen molar-refractivity contribution in [2.24, 2.45) is 10.8 Å². The van der Waals surface area contributed by atoms with Crippen LogP contribution in [0, 0.1) is 10.8 Å². The Balaban J connectivity index is 0. The van der Waals surface area contributed by atoms with E-state index in [1.54, 1.807) is 38.1 Å². The molecule has 0 bridgehead atoms. The van der Waals surface area contributed by atoms with Crippen molar-refractivity contribution in [1.82, 2.24) is 0 Å². The Bertz CT molecular complexity index is 759. The molecule has 0 fully saturated rings. The second kappa shape index (κ2) is 19.2. The molecule has 212 valence electrons. The number of rotatable bonds is 11. The average Bonchev–Trinajstić information content (AvgIpc) is 3.18. The lowest BCUT2D eigenvalue weighted by Gasteiger charge is -2.23. The predicted octanol–water partition coefficient (Wildman–Crippen LogP) is -0.348. The van der Waals surface area contributed by atoms with Crippen molar-refractivity contribution >= 4 is 23.9 Å². The Labute approximate surface area is 214 Å². The van der Waals surface area contributed by atoms with Gasteiger partial charge >= 0.3 is 23.9 Å². The number of aliphatic hydroxyl groups excluding tert-OH is 6. The summed E-state index contributed by atoms with van der Waals surface area (Å²) in [7, 11) is 0. The van der Waals surface area contributed by atoms with E-state index in [0.29, 0.717) is 24.0 Å². The summed E-state index contributed by atoms with van der Waals surface area (Å²) in [6.07, 6.45) is 1.02. The summed E-state index contributed by atoms with van der Waals surface area (Å²) in [4.78, 5) is 41.5. The lowest BCUT2D eigenvalue weighted by molar-refractivity contribution is -0.139. The van der Waals surface area contributed by atoms with Gasteiger partial charge < -0.3 is 45.6 Å². The zero-order valence-electron chi connectivity index (χ0n) is 21.0. The van der Waals surface area contributed by atoms with Crippen LogP contribution in [0.15, 0.2) is 24.3 Å². The molecule has 13 nitrogen and oxygen atoms in total. The van der Waals surface area contributed by atoms with E-state index in [9.17, 15) is 19.2 Å². The SMILES string of the molecule is CC(C)(CO)CO.O=C(O)CCCCC(=O)O.O=C1OC(=O)c2ccccc21.OCC(CO)(CO)CO. The number of hydrogen-bond donors (Lipinski definition) is 8. The minimum Gasteiger partial charge on any atom is -0.481 e. The van der Waals surface area contributed by atoms with E-state index in [1.807, 2.05) is 0 Å². The first-order chi connectivity index (χ1) is 17.3. The first-order valence-corrected chi connectivity index (χ1v) is 11.2. The predicted molar refractivity (Wildman–Crippen MR) is 129 cm³/mol. The number of aliphatic carboxylic acids is 2. The highest BCUT2D eigenvalue weighted by Gasteiger charge is 2.28. The molecule has 0 radical (unpaired) electrons. The van der Waals surface area contributed by atoms with Crippen molar-refractivity contribution in [3.8, 4) is 0 Å². The molecule has 1 aromatic rings. The molecule has 1 aliphatic heterocycles. The summed E-state index contributed by atoms with van der Waals surface area (Å²) in [5, 5.41) is 67.1. The number of benzene rings is 1. The Morgan fingerprint density at radius 1 is 0.676 bits per heavy atom. The maximum atomic E-state index is 10.8. The molecule has 1 aliphatic rings. The number of unbranched alkanes of at least 4 members (excludes halogenated alkanes) is 1. The number of hydrogen-bond acceptors (Lipinski definition) is 11. The summed E-state index contributed by atoms with van der Waals surface area (Å²) >= 11 is 0. The van der Waals surface area contributed by atoms with E-state index >= 15 is 0 Å². The van der Waals surface area contributed by atoms with Crippen LogP contribution in [0.25, 0.3) is 0 Å². The van der Waals surface area contributed by atoms with Crippen LogP contribution in [0.1, 0.15) is 60.2 Å². The summed E-state index contributed by atoms with van der Waals surface area (Å²) < 4.78 is 4.35. The zero-order chi connectivity index (χ0) is 29.1. The monoisotopic (exact) mass is 534 g/mol. The molecule has 13 heteroatoms. The first kappa shape index (κ1) is 36.2. The summed E-state index contributed by atoms with van der Waals surface area (Å²) in [5.74, 6) is -2.84. The second-order valence-corrected chi connectivity index (χ2v) is 8.83. The number of esters is 2. The third-order valence-corrected chi connectivity index (χ3v) is 4.78. The number of carbonyl (C=O) groups is 4. The number of fused-ring (bicyclic) bond motifs is 1. The van der Waals surface area contributed by atoms with Gasteiger partial charge in [0.15, 0.2) is 0 Å². The molecule has 1 aromatic carbocycles. The van der Waals surface area contributed by atoms with Crippen molar-refractivity contribution < 1.29 is 64.8 Å². The van der Waals surface area contributed by atoms with E-state index in [1.165, 1.54) is 0 Å². The molecule has 0 atom stereocenters. The molecule has 0 unspecified atom stereocenters. The Morgan fingerprint density at radius 2 is 1.00 bits per heavy atom. The quantitative estimate of drug-likeness (QED) is 0.103. The Kier molecular flexibility index (Phi) is 18.8. The molecule has 0 saturated heterocycles. The molecule has 0 saturated carbocycles. The number of carboxylic acids is 2. The van der Waals surface area contributed by atoms with Gasteiger partial charge in [-0.1, -0.05) is 26.0 Å². The highest BCUT2D eigenvalue weighted by Crippen LogP contribution is 2.18. The largest absolute Gasteiger partial charge is 0.481 e. The number of aliphatic hydroxyl groups is 6. The highest BCUT2D eigenvalue weighted by molar-refractivity contribution is 6.14. The van der Waals surface area contributed by atoms with Gasteiger partial charge in [0.05, 0.1) is 56.2 Å². The van der Waals surface area contributed by atoms with Gasteiger partial charge in [0.2, 0.25) is 0 Å². The number of cyclic esters (lactones) is 2. The molecule has 1 heterocycles. The zero-order valence-corrected chi connectivity index (χ0v) is 21.0. The van der Waals surface area contributed by atoms with Gasteiger partial charge in [-0.15, -0.1) is 0 Å². The van der Waals surface area contributed by atoms with E-state index in [-0.39, 0.29) is 31.5 Å². The van der Waals surface area contributed by atoms with Crippen LogP contribution < -0.4 is 0 Å². The molecule has 37 heavy (non-hydrogen) atoms. The van der Waals surface area contributed by atoms with Crippen LogP contribution in [-0.4, -0.2) is 104 Å². The van der Waals surface area contributed by atoms with Crippen LogP contribution in [0.2, 0.25) is 0 Å². The minimum absolute atomic E-state index is 0.0451. The van der Waals surface area contributed by atoms with Gasteiger partial charge in [0.25, 0.3) is 0 Å². The molecule has 0 spiro atoms. The molecule has 0 aromatic heterocycles. The van der Waals surface area contributed by atoms with Gasteiger partial charge in [0, 0.05) is 18.3 Å². The summed E-state index contributed by atoms with van der Waals surface area (Å²) in [6, 6.07) is 6.53. The molecule has 0 amide bonds. The normalized spacial score (nSPS) is 12.0. The van der Waals surface area contributed by atoms with Gasteiger partial charge in [-0.25, -0.2) is 9.59 Å². The Morgan fingerprint density at radius 3 is 1.19 bits per heavy atom. The highest BCUT2D eigenvalue weighted by atomic mass is 16.6. The van der Waals surface area contributed by atoms with Crippen molar-refractivity contribution in [2.75, 3.05) is 39.6 Å². The lowest BCUT2D eigenvalue weighted by Crippen LogP contribution is -2.37. The maximum absolute atomic E-state index is 10.8. The smallest absolute Gasteiger partial charge is 0.346 e. The van der Waals surface area contributed by atoms with Crippen molar-refractivity contribution in [3.63, 3.8) is 0 Å². The number of ether oxygens (including phenoxy) is 1. The van der Waals surface area contributed by atoms with Crippen LogP contribution in [0.3, 0.4) is 0 Å². The Hall–Kier alpha value is -2.94. The fraction of sp³-hybridized carbons (Fsp3) is 0.583. The van der Waals surface area contributed by atoms with Crippen molar-refractivity contribution in [1.29, 1.82) is 0 Å². The van der Waals surface area contributed by atoms with Crippen LogP contribution in [0.5, 0.6) is 0 Å². The lowest BCUT2D eigenvalue weighted by atomic mass is 9.93. The van der Waals surface area contributed by atoms with Crippen molar-refractivity contribution in [2.45, 2.75) is 39.5 Å². The molecule has 8 N–H and O–H groups in total. The van der Waals surface area contributed by atoms with Gasteiger partial charge in [-0.3, -0.25) is 9.59 Å².